The van der Waals surface area contributed by atoms with Crippen LogP contribution in [0.15, 0.2) is 49.1 Å². The van der Waals surface area contributed by atoms with Crippen molar-refractivity contribution in [1.82, 2.24) is 20.0 Å². The SMILES string of the molecule is C=CCC(CCC)c1cc(C)cc(-n2nnc3ccccc32)n1. The lowest BCUT2D eigenvalue weighted by molar-refractivity contribution is 0.602. The summed E-state index contributed by atoms with van der Waals surface area (Å²) in [4.78, 5) is 4.88. The molecule has 0 fully saturated rings. The molecule has 1 unspecified atom stereocenters. The number of pyridine rings is 1. The molecule has 0 saturated heterocycles. The summed E-state index contributed by atoms with van der Waals surface area (Å²) in [5.74, 6) is 1.24. The quantitative estimate of drug-likeness (QED) is 0.626. The molecule has 3 rings (SSSR count). The van der Waals surface area contributed by atoms with E-state index in [1.165, 1.54) is 5.56 Å². The summed E-state index contributed by atoms with van der Waals surface area (Å²) in [6.45, 7) is 8.20. The van der Waals surface area contributed by atoms with Crippen LogP contribution in [0, 0.1) is 6.92 Å². The van der Waals surface area contributed by atoms with Gasteiger partial charge in [0, 0.05) is 11.6 Å². The molecule has 0 radical (unpaired) electrons. The Labute approximate surface area is 136 Å². The molecule has 23 heavy (non-hydrogen) atoms. The Kier molecular flexibility index (Phi) is 4.51. The van der Waals surface area contributed by atoms with Gasteiger partial charge in [-0.25, -0.2) is 4.98 Å². The fourth-order valence-electron chi connectivity index (χ4n) is 2.97. The maximum absolute atomic E-state index is 4.88. The van der Waals surface area contributed by atoms with Crippen LogP contribution in [0.2, 0.25) is 0 Å². The van der Waals surface area contributed by atoms with E-state index < -0.39 is 0 Å². The van der Waals surface area contributed by atoms with E-state index in [-0.39, 0.29) is 0 Å². The van der Waals surface area contributed by atoms with Crippen molar-refractivity contribution in [1.29, 1.82) is 0 Å². The molecular formula is C19H22N4. The van der Waals surface area contributed by atoms with E-state index in [9.17, 15) is 0 Å². The molecule has 1 atom stereocenters. The normalized spacial score (nSPS) is 12.4. The highest BCUT2D eigenvalue weighted by Crippen LogP contribution is 2.26. The van der Waals surface area contributed by atoms with Crippen LogP contribution in [0.5, 0.6) is 0 Å². The van der Waals surface area contributed by atoms with Crippen molar-refractivity contribution in [2.45, 2.75) is 39.0 Å². The van der Waals surface area contributed by atoms with Crippen LogP contribution in [0.4, 0.5) is 0 Å². The van der Waals surface area contributed by atoms with E-state index in [1.54, 1.807) is 0 Å². The van der Waals surface area contributed by atoms with Crippen LogP contribution in [0.3, 0.4) is 0 Å². The Balaban J connectivity index is 2.08. The largest absolute Gasteiger partial charge is 0.233 e. The third kappa shape index (κ3) is 3.16. The Morgan fingerprint density at radius 1 is 1.26 bits per heavy atom. The van der Waals surface area contributed by atoms with Gasteiger partial charge in [0.05, 0.1) is 5.52 Å². The van der Waals surface area contributed by atoms with Crippen molar-refractivity contribution in [3.8, 4) is 5.82 Å². The molecule has 118 valence electrons. The second-order valence-corrected chi connectivity index (χ2v) is 5.93. The predicted molar refractivity (Wildman–Crippen MR) is 93.9 cm³/mol. The summed E-state index contributed by atoms with van der Waals surface area (Å²) in [5, 5.41) is 8.51. The molecule has 4 nitrogen and oxygen atoms in total. The smallest absolute Gasteiger partial charge is 0.156 e. The average molecular weight is 306 g/mol. The minimum atomic E-state index is 0.408. The summed E-state index contributed by atoms with van der Waals surface area (Å²) in [6.07, 6.45) is 5.17. The molecule has 4 heteroatoms. The van der Waals surface area contributed by atoms with E-state index in [0.717, 1.165) is 41.8 Å². The van der Waals surface area contributed by atoms with Gasteiger partial charge in [-0.2, -0.15) is 4.68 Å². The van der Waals surface area contributed by atoms with Crippen molar-refractivity contribution < 1.29 is 0 Å². The average Bonchev–Trinajstić information content (AvgIpc) is 2.98. The summed E-state index contributed by atoms with van der Waals surface area (Å²) >= 11 is 0. The van der Waals surface area contributed by atoms with Gasteiger partial charge < -0.3 is 0 Å². The van der Waals surface area contributed by atoms with Crippen LogP contribution >= 0.6 is 0 Å². The van der Waals surface area contributed by atoms with Crippen molar-refractivity contribution >= 4 is 11.0 Å². The minimum Gasteiger partial charge on any atom is -0.233 e. The van der Waals surface area contributed by atoms with Gasteiger partial charge in [-0.15, -0.1) is 11.7 Å². The maximum Gasteiger partial charge on any atom is 0.156 e. The molecule has 0 N–H and O–H groups in total. The number of aryl methyl sites for hydroxylation is 1. The molecule has 3 aromatic rings. The maximum atomic E-state index is 4.88. The number of rotatable bonds is 6. The lowest BCUT2D eigenvalue weighted by Gasteiger charge is -2.15. The summed E-state index contributed by atoms with van der Waals surface area (Å²) in [5.41, 5.74) is 4.16. The van der Waals surface area contributed by atoms with Crippen molar-refractivity contribution in [2.24, 2.45) is 0 Å². The topological polar surface area (TPSA) is 43.6 Å². The van der Waals surface area contributed by atoms with E-state index >= 15 is 0 Å². The molecule has 0 amide bonds. The molecule has 0 aliphatic heterocycles. The number of allylic oxidation sites excluding steroid dienone is 1. The molecule has 2 heterocycles. The fraction of sp³-hybridized carbons (Fsp3) is 0.316. The first-order valence-electron chi connectivity index (χ1n) is 8.13. The van der Waals surface area contributed by atoms with Gasteiger partial charge in [0.15, 0.2) is 5.82 Å². The lowest BCUT2D eigenvalue weighted by Crippen LogP contribution is -2.07. The van der Waals surface area contributed by atoms with Crippen molar-refractivity contribution in [3.63, 3.8) is 0 Å². The summed E-state index contributed by atoms with van der Waals surface area (Å²) in [6, 6.07) is 12.2. The second kappa shape index (κ2) is 6.73. The third-order valence-corrected chi connectivity index (χ3v) is 4.05. The molecule has 0 spiro atoms. The Morgan fingerprint density at radius 3 is 2.87 bits per heavy atom. The van der Waals surface area contributed by atoms with Crippen LogP contribution in [0.1, 0.15) is 43.4 Å². The minimum absolute atomic E-state index is 0.408. The first-order valence-corrected chi connectivity index (χ1v) is 8.13. The van der Waals surface area contributed by atoms with Gasteiger partial charge in [0.1, 0.15) is 5.52 Å². The first kappa shape index (κ1) is 15.4. The van der Waals surface area contributed by atoms with Gasteiger partial charge in [-0.3, -0.25) is 0 Å². The molecule has 0 aliphatic carbocycles. The van der Waals surface area contributed by atoms with Gasteiger partial charge in [-0.05, 0) is 49.6 Å². The number of benzene rings is 1. The molecule has 0 aliphatic rings. The number of nitrogens with zero attached hydrogens (tertiary/aromatic N) is 4. The predicted octanol–water partition coefficient (Wildman–Crippen LogP) is 4.58. The third-order valence-electron chi connectivity index (χ3n) is 4.05. The number of fused-ring (bicyclic) bond motifs is 1. The highest BCUT2D eigenvalue weighted by atomic mass is 15.4. The van der Waals surface area contributed by atoms with Crippen LogP contribution < -0.4 is 0 Å². The lowest BCUT2D eigenvalue weighted by atomic mass is 9.95. The summed E-state index contributed by atoms with van der Waals surface area (Å²) < 4.78 is 1.82. The molecule has 1 aromatic carbocycles. The zero-order valence-electron chi connectivity index (χ0n) is 13.7. The van der Waals surface area contributed by atoms with Gasteiger partial charge >= 0.3 is 0 Å². The van der Waals surface area contributed by atoms with Gasteiger partial charge in [0.2, 0.25) is 0 Å². The van der Waals surface area contributed by atoms with E-state index in [0.29, 0.717) is 5.92 Å². The molecule has 0 saturated carbocycles. The Hall–Kier alpha value is -2.49. The number of hydrogen-bond acceptors (Lipinski definition) is 3. The molecule has 2 aromatic heterocycles. The monoisotopic (exact) mass is 306 g/mol. The Morgan fingerprint density at radius 2 is 2.09 bits per heavy atom. The molecule has 0 bridgehead atoms. The zero-order chi connectivity index (χ0) is 16.2. The second-order valence-electron chi connectivity index (χ2n) is 5.93. The Bertz CT molecular complexity index is 819. The summed E-state index contributed by atoms with van der Waals surface area (Å²) in [7, 11) is 0. The van der Waals surface area contributed by atoms with Gasteiger partial charge in [0.25, 0.3) is 0 Å². The highest BCUT2D eigenvalue weighted by Gasteiger charge is 2.14. The first-order chi connectivity index (χ1) is 11.2. The van der Waals surface area contributed by atoms with Crippen LogP contribution in [-0.2, 0) is 0 Å². The van der Waals surface area contributed by atoms with E-state index in [4.69, 9.17) is 4.98 Å². The fourth-order valence-corrected chi connectivity index (χ4v) is 2.97. The van der Waals surface area contributed by atoms with Crippen LogP contribution in [-0.4, -0.2) is 20.0 Å². The van der Waals surface area contributed by atoms with E-state index in [1.807, 2.05) is 35.0 Å². The van der Waals surface area contributed by atoms with Gasteiger partial charge in [-0.1, -0.05) is 36.8 Å². The zero-order valence-corrected chi connectivity index (χ0v) is 13.7. The number of hydrogen-bond donors (Lipinski definition) is 0. The van der Waals surface area contributed by atoms with Crippen molar-refractivity contribution in [3.05, 3.63) is 60.3 Å². The standard InChI is InChI=1S/C19H22N4/c1-4-8-15(9-5-2)17-12-14(3)13-19(20-17)23-18-11-7-6-10-16(18)21-22-23/h4,6-7,10-13,15H,1,5,8-9H2,2-3H3. The molecular weight excluding hydrogens is 284 g/mol. The highest BCUT2D eigenvalue weighted by molar-refractivity contribution is 5.75. The van der Waals surface area contributed by atoms with E-state index in [2.05, 4.69) is 42.9 Å². The van der Waals surface area contributed by atoms with Crippen LogP contribution in [0.25, 0.3) is 16.9 Å². The number of aromatic nitrogens is 4. The van der Waals surface area contributed by atoms with Crippen molar-refractivity contribution in [2.75, 3.05) is 0 Å². The number of para-hydroxylation sites is 1.